The molecule has 2 N–H and O–H groups in total. The van der Waals surface area contributed by atoms with Crippen molar-refractivity contribution in [1.82, 2.24) is 15.1 Å². The second kappa shape index (κ2) is 7.23. The van der Waals surface area contributed by atoms with E-state index in [1.165, 1.54) is 18.2 Å². The first-order chi connectivity index (χ1) is 10.9. The van der Waals surface area contributed by atoms with E-state index in [9.17, 15) is 15.2 Å². The Morgan fingerprint density at radius 2 is 2.13 bits per heavy atom. The van der Waals surface area contributed by atoms with Crippen molar-refractivity contribution in [1.29, 1.82) is 0 Å². The summed E-state index contributed by atoms with van der Waals surface area (Å²) in [6.45, 7) is 7.91. The van der Waals surface area contributed by atoms with E-state index in [-0.39, 0.29) is 11.4 Å². The van der Waals surface area contributed by atoms with Crippen LogP contribution in [0.2, 0.25) is 0 Å². The van der Waals surface area contributed by atoms with Gasteiger partial charge in [0.15, 0.2) is 0 Å². The maximum absolute atomic E-state index is 11.0. The van der Waals surface area contributed by atoms with Gasteiger partial charge in [-0.05, 0) is 44.5 Å². The number of rotatable bonds is 7. The van der Waals surface area contributed by atoms with Gasteiger partial charge in [-0.3, -0.25) is 14.8 Å². The zero-order valence-corrected chi connectivity index (χ0v) is 13.6. The fourth-order valence-corrected chi connectivity index (χ4v) is 2.56. The molecule has 2 aromatic rings. The minimum absolute atomic E-state index is 0.0153. The molecule has 1 atom stereocenters. The van der Waals surface area contributed by atoms with Gasteiger partial charge >= 0.3 is 0 Å². The molecule has 0 saturated heterocycles. The van der Waals surface area contributed by atoms with Crippen molar-refractivity contribution in [3.05, 3.63) is 51.3 Å². The van der Waals surface area contributed by atoms with E-state index in [0.29, 0.717) is 24.6 Å². The molecule has 124 valence electrons. The molecule has 0 aliphatic rings. The molecule has 23 heavy (non-hydrogen) atoms. The zero-order valence-electron chi connectivity index (χ0n) is 13.6. The number of aromatic nitrogens is 2. The second-order valence-electron chi connectivity index (χ2n) is 5.92. The van der Waals surface area contributed by atoms with Crippen molar-refractivity contribution in [3.8, 4) is 5.75 Å². The molecular weight excluding hydrogens is 296 g/mol. The first kappa shape index (κ1) is 17.0. The third-order valence-electron chi connectivity index (χ3n) is 3.66. The number of hydrogen-bond acceptors (Lipinski definition) is 5. The number of nitro benzene ring substituents is 1. The number of nitrogens with zero attached hydrogens (tertiary/aromatic N) is 3. The van der Waals surface area contributed by atoms with Gasteiger partial charge < -0.3 is 10.4 Å². The van der Waals surface area contributed by atoms with Gasteiger partial charge in [0.1, 0.15) is 5.75 Å². The van der Waals surface area contributed by atoms with Crippen LogP contribution in [0.25, 0.3) is 0 Å². The van der Waals surface area contributed by atoms with Crippen molar-refractivity contribution >= 4 is 5.69 Å². The normalized spacial score (nSPS) is 12.3. The lowest BCUT2D eigenvalue weighted by molar-refractivity contribution is -0.385. The van der Waals surface area contributed by atoms with Crippen LogP contribution in [-0.4, -0.2) is 26.4 Å². The molecule has 0 aliphatic carbocycles. The van der Waals surface area contributed by atoms with Crippen molar-refractivity contribution in [2.45, 2.75) is 33.9 Å². The second-order valence-corrected chi connectivity index (χ2v) is 5.92. The number of hydrogen-bond donors (Lipinski definition) is 2. The van der Waals surface area contributed by atoms with Crippen LogP contribution in [0.4, 0.5) is 5.69 Å². The van der Waals surface area contributed by atoms with E-state index in [4.69, 9.17) is 0 Å². The van der Waals surface area contributed by atoms with E-state index in [2.05, 4.69) is 17.3 Å². The Hall–Kier alpha value is -2.41. The monoisotopic (exact) mass is 318 g/mol. The Morgan fingerprint density at radius 1 is 1.39 bits per heavy atom. The molecule has 0 aliphatic heterocycles. The molecule has 0 unspecified atom stereocenters. The zero-order chi connectivity index (χ0) is 17.0. The summed E-state index contributed by atoms with van der Waals surface area (Å²) < 4.78 is 1.97. The van der Waals surface area contributed by atoms with Crippen molar-refractivity contribution in [3.63, 3.8) is 0 Å². The van der Waals surface area contributed by atoms with E-state index in [1.54, 1.807) is 0 Å². The van der Waals surface area contributed by atoms with E-state index in [1.807, 2.05) is 24.6 Å². The molecule has 0 amide bonds. The lowest BCUT2D eigenvalue weighted by Crippen LogP contribution is -2.25. The van der Waals surface area contributed by atoms with Crippen LogP contribution in [0.15, 0.2) is 24.3 Å². The average Bonchev–Trinajstić information content (AvgIpc) is 2.76. The van der Waals surface area contributed by atoms with Gasteiger partial charge in [-0.15, -0.1) is 0 Å². The summed E-state index contributed by atoms with van der Waals surface area (Å²) >= 11 is 0. The number of aryl methyl sites for hydroxylation is 2. The quantitative estimate of drug-likeness (QED) is 0.604. The first-order valence-electron chi connectivity index (χ1n) is 7.55. The summed E-state index contributed by atoms with van der Waals surface area (Å²) in [5.74, 6) is 0.354. The fourth-order valence-electron chi connectivity index (χ4n) is 2.56. The Bertz CT molecular complexity index is 697. The standard InChI is InChI=1S/C16H22N4O3/c1-11(10-19-13(3)6-12(2)18-19)8-17-9-14-7-15(21)4-5-16(14)20(22)23/h4-7,11,17,21H,8-10H2,1-3H3/t11-/m0/s1. The van der Waals surface area contributed by atoms with E-state index < -0.39 is 4.92 Å². The maximum atomic E-state index is 11.0. The van der Waals surface area contributed by atoms with E-state index >= 15 is 0 Å². The number of nitrogens with one attached hydrogen (secondary N) is 1. The SMILES string of the molecule is Cc1cc(C)n(C[C@@H](C)CNCc2cc(O)ccc2[N+](=O)[O-])n1. The van der Waals surface area contributed by atoms with Gasteiger partial charge in [0.05, 0.1) is 10.6 Å². The predicted molar refractivity (Wildman–Crippen MR) is 87.3 cm³/mol. The number of phenolic OH excluding ortho intramolecular Hbond substituents is 1. The van der Waals surface area contributed by atoms with Gasteiger partial charge in [-0.25, -0.2) is 0 Å². The molecule has 0 saturated carbocycles. The molecule has 0 spiro atoms. The number of phenols is 1. The summed E-state index contributed by atoms with van der Waals surface area (Å²) in [6, 6.07) is 6.12. The third-order valence-corrected chi connectivity index (χ3v) is 3.66. The third kappa shape index (κ3) is 4.53. The minimum Gasteiger partial charge on any atom is -0.508 e. The maximum Gasteiger partial charge on any atom is 0.274 e. The van der Waals surface area contributed by atoms with Crippen LogP contribution >= 0.6 is 0 Å². The molecule has 0 fully saturated rings. The fraction of sp³-hybridized carbons (Fsp3) is 0.438. The van der Waals surface area contributed by atoms with Crippen LogP contribution in [0.3, 0.4) is 0 Å². The van der Waals surface area contributed by atoms with Crippen LogP contribution in [0, 0.1) is 29.9 Å². The summed E-state index contributed by atoms with van der Waals surface area (Å²) in [7, 11) is 0. The number of aromatic hydroxyl groups is 1. The highest BCUT2D eigenvalue weighted by molar-refractivity contribution is 5.44. The predicted octanol–water partition coefficient (Wildman–Crippen LogP) is 2.54. The van der Waals surface area contributed by atoms with Crippen molar-refractivity contribution < 1.29 is 10.0 Å². The molecule has 1 heterocycles. The van der Waals surface area contributed by atoms with Crippen LogP contribution in [-0.2, 0) is 13.1 Å². The largest absolute Gasteiger partial charge is 0.508 e. The Balaban J connectivity index is 1.91. The minimum atomic E-state index is -0.435. The highest BCUT2D eigenvalue weighted by Crippen LogP contribution is 2.23. The lowest BCUT2D eigenvalue weighted by atomic mass is 10.1. The van der Waals surface area contributed by atoms with Crippen molar-refractivity contribution in [2.24, 2.45) is 5.92 Å². The molecule has 7 nitrogen and oxygen atoms in total. The lowest BCUT2D eigenvalue weighted by Gasteiger charge is -2.14. The molecule has 0 radical (unpaired) electrons. The number of nitro groups is 1. The van der Waals surface area contributed by atoms with E-state index in [0.717, 1.165) is 17.9 Å². The molecular formula is C16H22N4O3. The summed E-state index contributed by atoms with van der Waals surface area (Å²) in [5, 5.41) is 28.1. The summed E-state index contributed by atoms with van der Waals surface area (Å²) in [4.78, 5) is 10.6. The molecule has 0 bridgehead atoms. The van der Waals surface area contributed by atoms with Gasteiger partial charge in [0.25, 0.3) is 5.69 Å². The summed E-state index contributed by atoms with van der Waals surface area (Å²) in [5.41, 5.74) is 2.62. The van der Waals surface area contributed by atoms with Gasteiger partial charge in [0, 0.05) is 30.4 Å². The summed E-state index contributed by atoms with van der Waals surface area (Å²) in [6.07, 6.45) is 0. The van der Waals surface area contributed by atoms with Gasteiger partial charge in [-0.1, -0.05) is 6.92 Å². The molecule has 1 aromatic heterocycles. The highest BCUT2D eigenvalue weighted by Gasteiger charge is 2.14. The topological polar surface area (TPSA) is 93.2 Å². The average molecular weight is 318 g/mol. The Morgan fingerprint density at radius 3 is 2.74 bits per heavy atom. The van der Waals surface area contributed by atoms with Gasteiger partial charge in [0.2, 0.25) is 0 Å². The Labute approximate surface area is 135 Å². The molecule has 2 rings (SSSR count). The first-order valence-corrected chi connectivity index (χ1v) is 7.55. The van der Waals surface area contributed by atoms with Crippen LogP contribution in [0.5, 0.6) is 5.75 Å². The van der Waals surface area contributed by atoms with Gasteiger partial charge in [-0.2, -0.15) is 5.10 Å². The molecule has 1 aromatic carbocycles. The van der Waals surface area contributed by atoms with Crippen molar-refractivity contribution in [2.75, 3.05) is 6.54 Å². The Kier molecular flexibility index (Phi) is 5.33. The smallest absolute Gasteiger partial charge is 0.274 e. The molecule has 7 heteroatoms. The highest BCUT2D eigenvalue weighted by atomic mass is 16.6. The van der Waals surface area contributed by atoms with Crippen LogP contribution in [0.1, 0.15) is 23.9 Å². The number of benzene rings is 1. The van der Waals surface area contributed by atoms with Crippen LogP contribution < -0.4 is 5.32 Å².